The van der Waals surface area contributed by atoms with Crippen LogP contribution >= 0.6 is 0 Å². The second kappa shape index (κ2) is 5.36. The molecule has 1 aromatic carbocycles. The molecule has 2 aliphatic heterocycles. The Labute approximate surface area is 173 Å². The SMILES string of the molecule is O=C1[C@@H]2[C@@H](C(=O)N1c1cccc(N3C(=O)[C@@H]4[C@H](C3=O)[C@H]3C=C[C@H]4C3)c1)[C@H]1C=C[C@@H]2C1. The lowest BCUT2D eigenvalue weighted by atomic mass is 9.85. The van der Waals surface area contributed by atoms with Crippen molar-refractivity contribution in [2.75, 3.05) is 9.80 Å². The molecule has 0 radical (unpaired) electrons. The highest BCUT2D eigenvalue weighted by molar-refractivity contribution is 6.25. The van der Waals surface area contributed by atoms with Gasteiger partial charge in [0.2, 0.25) is 23.6 Å². The van der Waals surface area contributed by atoms with Crippen LogP contribution in [0.15, 0.2) is 48.6 Å². The summed E-state index contributed by atoms with van der Waals surface area (Å²) in [6, 6.07) is 6.80. The summed E-state index contributed by atoms with van der Waals surface area (Å²) in [5.41, 5.74) is 0.908. The number of benzene rings is 1. The van der Waals surface area contributed by atoms with Gasteiger partial charge in [0.1, 0.15) is 0 Å². The number of anilines is 2. The highest BCUT2D eigenvalue weighted by atomic mass is 16.2. The van der Waals surface area contributed by atoms with E-state index < -0.39 is 0 Å². The number of carbonyl (C=O) groups is 4. The van der Waals surface area contributed by atoms with Gasteiger partial charge in [-0.2, -0.15) is 0 Å². The van der Waals surface area contributed by atoms with E-state index in [0.717, 1.165) is 12.8 Å². The van der Waals surface area contributed by atoms with Crippen LogP contribution in [-0.4, -0.2) is 23.6 Å². The molecule has 6 heteroatoms. The standard InChI is InChI=1S/C24H20N2O4/c27-21-17-11-4-5-12(8-11)18(17)22(28)25(21)15-2-1-3-16(10-15)26-23(29)19-13-6-7-14(9-13)20(19)24(26)30/h1-7,10-14,17-20H,8-9H2/t11-,12-,13-,14+,17-,18+,19-,20-/m0/s1. The summed E-state index contributed by atoms with van der Waals surface area (Å²) in [7, 11) is 0. The van der Waals surface area contributed by atoms with Crippen molar-refractivity contribution >= 4 is 35.0 Å². The molecule has 2 saturated heterocycles. The fraction of sp³-hybridized carbons (Fsp3) is 0.417. The maximum absolute atomic E-state index is 13.1. The summed E-state index contributed by atoms with van der Waals surface area (Å²) >= 11 is 0. The Morgan fingerprint density at radius 2 is 0.900 bits per heavy atom. The van der Waals surface area contributed by atoms with Gasteiger partial charge in [-0.05, 0) is 54.7 Å². The molecule has 150 valence electrons. The number of hydrogen-bond donors (Lipinski definition) is 0. The minimum atomic E-state index is -0.271. The van der Waals surface area contributed by atoms with Crippen molar-refractivity contribution in [1.82, 2.24) is 0 Å². The van der Waals surface area contributed by atoms with Gasteiger partial charge in [-0.15, -0.1) is 0 Å². The summed E-state index contributed by atoms with van der Waals surface area (Å²) in [6.45, 7) is 0. The molecule has 30 heavy (non-hydrogen) atoms. The van der Waals surface area contributed by atoms with Crippen molar-refractivity contribution in [3.05, 3.63) is 48.6 Å². The zero-order chi connectivity index (χ0) is 20.3. The zero-order valence-electron chi connectivity index (χ0n) is 16.2. The number of allylic oxidation sites excluding steroid dienone is 4. The molecule has 0 unspecified atom stereocenters. The molecule has 0 spiro atoms. The number of nitrogens with zero attached hydrogens (tertiary/aromatic N) is 2. The van der Waals surface area contributed by atoms with Crippen LogP contribution in [0.25, 0.3) is 0 Å². The van der Waals surface area contributed by atoms with E-state index in [-0.39, 0.29) is 71.0 Å². The molecule has 2 heterocycles. The molecular weight excluding hydrogens is 380 g/mol. The molecule has 1 aromatic rings. The molecule has 2 saturated carbocycles. The number of amides is 4. The van der Waals surface area contributed by atoms with E-state index in [1.807, 2.05) is 0 Å². The average Bonchev–Trinajstić information content (AvgIpc) is 3.55. The Morgan fingerprint density at radius 1 is 0.567 bits per heavy atom. The van der Waals surface area contributed by atoms with Gasteiger partial charge in [0, 0.05) is 0 Å². The Hall–Kier alpha value is -3.02. The van der Waals surface area contributed by atoms with E-state index in [4.69, 9.17) is 0 Å². The first-order valence-electron chi connectivity index (χ1n) is 10.8. The normalized spacial score (nSPS) is 42.3. The van der Waals surface area contributed by atoms with Crippen molar-refractivity contribution in [2.24, 2.45) is 47.3 Å². The molecule has 0 N–H and O–H groups in total. The van der Waals surface area contributed by atoms with E-state index in [2.05, 4.69) is 24.3 Å². The van der Waals surface area contributed by atoms with Crippen LogP contribution < -0.4 is 9.80 Å². The summed E-state index contributed by atoms with van der Waals surface area (Å²) in [6.07, 6.45) is 10.0. The van der Waals surface area contributed by atoms with E-state index in [0.29, 0.717) is 11.4 Å². The van der Waals surface area contributed by atoms with E-state index >= 15 is 0 Å². The smallest absolute Gasteiger partial charge is 0.238 e. The Kier molecular flexibility index (Phi) is 2.99. The van der Waals surface area contributed by atoms with Gasteiger partial charge >= 0.3 is 0 Å². The fourth-order valence-corrected chi connectivity index (χ4v) is 7.08. The second-order valence-corrected chi connectivity index (χ2v) is 9.54. The van der Waals surface area contributed by atoms with E-state index in [1.165, 1.54) is 9.80 Å². The van der Waals surface area contributed by atoms with Crippen LogP contribution in [0.5, 0.6) is 0 Å². The largest absolute Gasteiger partial charge is 0.274 e. The molecule has 4 fully saturated rings. The predicted octanol–water partition coefficient (Wildman–Crippen LogP) is 2.31. The Balaban J connectivity index is 1.24. The molecule has 6 nitrogen and oxygen atoms in total. The van der Waals surface area contributed by atoms with Crippen LogP contribution in [0.2, 0.25) is 0 Å². The molecule has 6 aliphatic rings. The Bertz CT molecular complexity index is 977. The average molecular weight is 400 g/mol. The number of rotatable bonds is 2. The maximum atomic E-state index is 13.1. The van der Waals surface area contributed by atoms with Crippen molar-refractivity contribution < 1.29 is 19.2 Å². The number of hydrogen-bond acceptors (Lipinski definition) is 4. The minimum absolute atomic E-state index is 0.147. The molecule has 4 amide bonds. The molecule has 8 atom stereocenters. The summed E-state index contributed by atoms with van der Waals surface area (Å²) in [5, 5.41) is 0. The third-order valence-electron chi connectivity index (χ3n) is 8.29. The van der Waals surface area contributed by atoms with Crippen LogP contribution in [0.4, 0.5) is 11.4 Å². The first kappa shape index (κ1) is 16.7. The first-order chi connectivity index (χ1) is 14.5. The summed E-state index contributed by atoms with van der Waals surface area (Å²) in [5.74, 6) is -1.12. The number of carbonyl (C=O) groups excluding carboxylic acids is 4. The Morgan fingerprint density at radius 3 is 1.23 bits per heavy atom. The minimum Gasteiger partial charge on any atom is -0.274 e. The van der Waals surface area contributed by atoms with Crippen LogP contribution in [0, 0.1) is 47.3 Å². The first-order valence-corrected chi connectivity index (χ1v) is 10.8. The van der Waals surface area contributed by atoms with Crippen molar-refractivity contribution in [3.63, 3.8) is 0 Å². The zero-order valence-corrected chi connectivity index (χ0v) is 16.2. The second-order valence-electron chi connectivity index (χ2n) is 9.54. The van der Waals surface area contributed by atoms with Gasteiger partial charge in [0.05, 0.1) is 35.0 Å². The quantitative estimate of drug-likeness (QED) is 0.564. The monoisotopic (exact) mass is 400 g/mol. The third kappa shape index (κ3) is 1.81. The molecule has 4 aliphatic carbocycles. The highest BCUT2D eigenvalue weighted by Gasteiger charge is 2.61. The predicted molar refractivity (Wildman–Crippen MR) is 107 cm³/mol. The third-order valence-corrected chi connectivity index (χ3v) is 8.29. The topological polar surface area (TPSA) is 74.8 Å². The van der Waals surface area contributed by atoms with Gasteiger partial charge < -0.3 is 0 Å². The molecule has 0 aromatic heterocycles. The van der Waals surface area contributed by atoms with Gasteiger partial charge in [0.15, 0.2) is 0 Å². The summed E-state index contributed by atoms with van der Waals surface area (Å²) < 4.78 is 0. The van der Waals surface area contributed by atoms with E-state index in [1.54, 1.807) is 24.3 Å². The highest BCUT2D eigenvalue weighted by Crippen LogP contribution is 2.55. The van der Waals surface area contributed by atoms with Gasteiger partial charge in [-0.3, -0.25) is 19.2 Å². The summed E-state index contributed by atoms with van der Waals surface area (Å²) in [4.78, 5) is 55.0. The van der Waals surface area contributed by atoms with Crippen LogP contribution in [0.1, 0.15) is 12.8 Å². The van der Waals surface area contributed by atoms with Crippen LogP contribution in [-0.2, 0) is 19.2 Å². The lowest BCUT2D eigenvalue weighted by Gasteiger charge is -2.21. The van der Waals surface area contributed by atoms with Crippen LogP contribution in [0.3, 0.4) is 0 Å². The van der Waals surface area contributed by atoms with Crippen molar-refractivity contribution in [2.45, 2.75) is 12.8 Å². The lowest BCUT2D eigenvalue weighted by molar-refractivity contribution is -0.124. The van der Waals surface area contributed by atoms with E-state index in [9.17, 15) is 19.2 Å². The molecule has 7 rings (SSSR count). The maximum Gasteiger partial charge on any atom is 0.238 e. The van der Waals surface area contributed by atoms with Crippen molar-refractivity contribution in [1.29, 1.82) is 0 Å². The van der Waals surface area contributed by atoms with Crippen molar-refractivity contribution in [3.8, 4) is 0 Å². The fourth-order valence-electron chi connectivity index (χ4n) is 7.08. The molecule has 4 bridgehead atoms. The van der Waals surface area contributed by atoms with Gasteiger partial charge in [-0.1, -0.05) is 30.4 Å². The number of fused-ring (bicyclic) bond motifs is 10. The lowest BCUT2D eigenvalue weighted by Crippen LogP contribution is -2.34. The van der Waals surface area contributed by atoms with Gasteiger partial charge in [-0.25, -0.2) is 9.80 Å². The van der Waals surface area contributed by atoms with Gasteiger partial charge in [0.25, 0.3) is 0 Å². The molecular formula is C24H20N2O4. The number of imide groups is 2.